The average Bonchev–Trinajstić information content (AvgIpc) is 2.07. The number of alkyl halides is 3. The van der Waals surface area contributed by atoms with Crippen molar-refractivity contribution in [2.24, 2.45) is 10.2 Å². The number of hydrogen-bond donors (Lipinski definition) is 0. The Hall–Kier alpha value is -1.40. The van der Waals surface area contributed by atoms with E-state index in [2.05, 4.69) is 10.2 Å². The lowest BCUT2D eigenvalue weighted by atomic mass is 10.2. The fourth-order valence-electron chi connectivity index (χ4n) is 1.06. The lowest BCUT2D eigenvalue weighted by Gasteiger charge is -2.29. The summed E-state index contributed by atoms with van der Waals surface area (Å²) in [6.07, 6.45) is -3.30. The first kappa shape index (κ1) is 10.7. The van der Waals surface area contributed by atoms with Crippen LogP contribution in [-0.4, -0.2) is 30.0 Å². The maximum atomic E-state index is 12.3. The molecule has 0 N–H and O–H groups in total. The van der Waals surface area contributed by atoms with E-state index in [0.717, 1.165) is 4.90 Å². The molecule has 7 heteroatoms. The van der Waals surface area contributed by atoms with Crippen LogP contribution in [0.5, 0.6) is 0 Å². The second-order valence-electron chi connectivity index (χ2n) is 2.90. The highest BCUT2D eigenvalue weighted by atomic mass is 19.4. The third-order valence-electron chi connectivity index (χ3n) is 1.90. The molecule has 0 amide bonds. The molecule has 0 aromatic carbocycles. The van der Waals surface area contributed by atoms with Gasteiger partial charge in [0.15, 0.2) is 5.82 Å². The Kier molecular flexibility index (Phi) is 2.59. The van der Waals surface area contributed by atoms with E-state index in [1.807, 2.05) is 0 Å². The van der Waals surface area contributed by atoms with Crippen LogP contribution in [0.3, 0.4) is 0 Å². The minimum Gasteiger partial charge on any atom is -0.349 e. The van der Waals surface area contributed by atoms with Crippen LogP contribution < -0.4 is 0 Å². The minimum atomic E-state index is -4.56. The van der Waals surface area contributed by atoms with Gasteiger partial charge in [0.05, 0.1) is 0 Å². The maximum absolute atomic E-state index is 12.3. The molecule has 1 aliphatic heterocycles. The molecule has 0 saturated carbocycles. The van der Waals surface area contributed by atoms with Gasteiger partial charge in [0.25, 0.3) is 0 Å². The van der Waals surface area contributed by atoms with Crippen LogP contribution in [0.4, 0.5) is 13.2 Å². The highest BCUT2D eigenvalue weighted by Crippen LogP contribution is 2.25. The number of rotatable bonds is 1. The molecular weight excluding hydrogens is 199 g/mol. The summed E-state index contributed by atoms with van der Waals surface area (Å²) < 4.78 is 37.0. The fourth-order valence-corrected chi connectivity index (χ4v) is 1.06. The lowest BCUT2D eigenvalue weighted by molar-refractivity contribution is -0.0690. The molecule has 0 fully saturated rings. The monoisotopic (exact) mass is 207 g/mol. The van der Waals surface area contributed by atoms with Gasteiger partial charge in [-0.25, -0.2) is 4.99 Å². The van der Waals surface area contributed by atoms with E-state index in [1.165, 1.54) is 20.0 Å². The largest absolute Gasteiger partial charge is 0.449 e. The first-order chi connectivity index (χ1) is 6.36. The van der Waals surface area contributed by atoms with E-state index in [4.69, 9.17) is 0 Å². The highest BCUT2D eigenvalue weighted by Gasteiger charge is 2.41. The molecule has 4 nitrogen and oxygen atoms in total. The van der Waals surface area contributed by atoms with Crippen molar-refractivity contribution in [2.75, 3.05) is 7.05 Å². The van der Waals surface area contributed by atoms with Crippen molar-refractivity contribution in [1.82, 2.24) is 4.90 Å². The Labute approximate surface area is 78.1 Å². The second-order valence-corrected chi connectivity index (χ2v) is 2.90. The van der Waals surface area contributed by atoms with Gasteiger partial charge >= 0.3 is 6.18 Å². The Morgan fingerprint density at radius 1 is 1.57 bits per heavy atom. The van der Waals surface area contributed by atoms with Crippen LogP contribution in [0.25, 0.3) is 0 Å². The van der Waals surface area contributed by atoms with Gasteiger partial charge in [-0.15, -0.1) is 4.91 Å². The average molecular weight is 207 g/mol. The fraction of sp³-hybridized carbons (Fsp3) is 0.571. The summed E-state index contributed by atoms with van der Waals surface area (Å²) in [6.45, 7) is 1.52. The quantitative estimate of drug-likeness (QED) is 0.616. The zero-order valence-corrected chi connectivity index (χ0v) is 7.54. The number of aliphatic imine (C=N–C) groups is 1. The number of hydrogen-bond acceptors (Lipinski definition) is 4. The van der Waals surface area contributed by atoms with Crippen molar-refractivity contribution >= 4 is 5.84 Å². The zero-order chi connectivity index (χ0) is 10.9. The molecule has 1 aliphatic rings. The summed E-state index contributed by atoms with van der Waals surface area (Å²) in [5.41, 5.74) is 0. The van der Waals surface area contributed by atoms with Gasteiger partial charge in [-0.1, -0.05) is 0 Å². The third kappa shape index (κ3) is 1.91. The van der Waals surface area contributed by atoms with Crippen LogP contribution >= 0.6 is 0 Å². The van der Waals surface area contributed by atoms with Gasteiger partial charge in [0.1, 0.15) is 0 Å². The molecule has 0 spiro atoms. The van der Waals surface area contributed by atoms with Crippen LogP contribution in [0.2, 0.25) is 0 Å². The third-order valence-corrected chi connectivity index (χ3v) is 1.90. The number of amidine groups is 1. The first-order valence-corrected chi connectivity index (χ1v) is 3.80. The van der Waals surface area contributed by atoms with Gasteiger partial charge in [0.2, 0.25) is 5.84 Å². The van der Waals surface area contributed by atoms with Gasteiger partial charge < -0.3 is 4.90 Å². The summed E-state index contributed by atoms with van der Waals surface area (Å²) >= 11 is 0. The highest BCUT2D eigenvalue weighted by molar-refractivity contribution is 5.89. The van der Waals surface area contributed by atoms with Crippen LogP contribution in [0.1, 0.15) is 6.92 Å². The van der Waals surface area contributed by atoms with E-state index in [1.54, 1.807) is 0 Å². The predicted octanol–water partition coefficient (Wildman–Crippen LogP) is 1.89. The van der Waals surface area contributed by atoms with E-state index in [-0.39, 0.29) is 0 Å². The molecule has 0 aliphatic carbocycles. The zero-order valence-electron chi connectivity index (χ0n) is 7.54. The second kappa shape index (κ2) is 3.39. The molecule has 1 rings (SSSR count). The van der Waals surface area contributed by atoms with Gasteiger partial charge in [-0.05, 0) is 18.2 Å². The van der Waals surface area contributed by atoms with Crippen molar-refractivity contribution in [3.8, 4) is 0 Å². The van der Waals surface area contributed by atoms with Crippen molar-refractivity contribution in [3.63, 3.8) is 0 Å². The van der Waals surface area contributed by atoms with Crippen LogP contribution in [0.15, 0.2) is 22.1 Å². The first-order valence-electron chi connectivity index (χ1n) is 3.80. The Morgan fingerprint density at radius 2 is 2.14 bits per heavy atom. The van der Waals surface area contributed by atoms with Crippen molar-refractivity contribution in [3.05, 3.63) is 16.8 Å². The molecular formula is C7H8F3N3O. The van der Waals surface area contributed by atoms with E-state index >= 15 is 0 Å². The van der Waals surface area contributed by atoms with Gasteiger partial charge in [-0.3, -0.25) is 0 Å². The van der Waals surface area contributed by atoms with E-state index in [0.29, 0.717) is 0 Å². The van der Waals surface area contributed by atoms with Crippen molar-refractivity contribution in [2.45, 2.75) is 19.1 Å². The summed E-state index contributed by atoms with van der Waals surface area (Å²) in [6, 6.07) is -0.545. The summed E-state index contributed by atoms with van der Waals surface area (Å²) in [5, 5.41) is 2.39. The molecule has 0 bridgehead atoms. The predicted molar refractivity (Wildman–Crippen MR) is 44.6 cm³/mol. The summed E-state index contributed by atoms with van der Waals surface area (Å²) in [7, 11) is 1.26. The van der Waals surface area contributed by atoms with Gasteiger partial charge in [0, 0.05) is 13.1 Å². The smallest absolute Gasteiger partial charge is 0.349 e. The SMILES string of the molecule is CC1C=C(N=O)N=C(C(F)(F)F)N1C. The maximum Gasteiger partial charge on any atom is 0.449 e. The van der Waals surface area contributed by atoms with Crippen molar-refractivity contribution in [1.29, 1.82) is 0 Å². The standard InChI is InChI=1S/C7H8F3N3O/c1-4-3-5(12-14)11-6(13(4)2)7(8,9)10/h3-4H,1-2H3. The molecule has 0 aromatic heterocycles. The topological polar surface area (TPSA) is 45.0 Å². The van der Waals surface area contributed by atoms with Gasteiger partial charge in [-0.2, -0.15) is 13.2 Å². The number of likely N-dealkylation sites (N-methyl/N-ethyl adjacent to an activating group) is 1. The Bertz CT molecular complexity index is 308. The van der Waals surface area contributed by atoms with Crippen LogP contribution in [0, 0.1) is 4.91 Å². The molecule has 0 saturated heterocycles. The number of nitrogens with zero attached hydrogens (tertiary/aromatic N) is 3. The lowest BCUT2D eigenvalue weighted by Crippen LogP contribution is -2.44. The number of halogens is 3. The normalized spacial score (nSPS) is 22.9. The molecule has 1 atom stereocenters. The minimum absolute atomic E-state index is 0.428. The molecule has 14 heavy (non-hydrogen) atoms. The molecule has 78 valence electrons. The van der Waals surface area contributed by atoms with Crippen LogP contribution in [-0.2, 0) is 0 Å². The molecule has 0 radical (unpaired) electrons. The van der Waals surface area contributed by atoms with E-state index in [9.17, 15) is 18.1 Å². The Balaban J connectivity index is 3.09. The number of nitroso groups, excluding NO2 is 1. The molecule has 0 aromatic rings. The Morgan fingerprint density at radius 3 is 2.57 bits per heavy atom. The molecule has 1 heterocycles. The summed E-state index contributed by atoms with van der Waals surface area (Å²) in [5.74, 6) is -1.52. The van der Waals surface area contributed by atoms with Crippen molar-refractivity contribution < 1.29 is 13.2 Å². The summed E-state index contributed by atoms with van der Waals surface area (Å²) in [4.78, 5) is 14.1. The molecule has 1 unspecified atom stereocenters. The van der Waals surface area contributed by atoms with E-state index < -0.39 is 23.9 Å².